The maximum atomic E-state index is 4.42. The standard InChI is InChI=1S/C23H29BrN6S/c1-16-19(12-25-29(16)4)20-26-27-21(28(20)3)31-11-5-10-30-14-22(2)13-23(22,15-30)17-6-8-18(24)9-7-17/h6-9,12H,5,10-11,13-15H2,1-4H3. The van der Waals surface area contributed by atoms with Crippen LogP contribution in [0.15, 0.2) is 40.1 Å². The van der Waals surface area contributed by atoms with E-state index in [1.54, 1.807) is 11.8 Å². The average Bonchev–Trinajstić information content (AvgIpc) is 3.01. The Morgan fingerprint density at radius 2 is 1.90 bits per heavy atom. The van der Waals surface area contributed by atoms with Crippen LogP contribution in [0.1, 0.15) is 31.0 Å². The summed E-state index contributed by atoms with van der Waals surface area (Å²) >= 11 is 5.37. The molecule has 164 valence electrons. The van der Waals surface area contributed by atoms with Gasteiger partial charge in [-0.15, -0.1) is 10.2 Å². The number of fused-ring (bicyclic) bond motifs is 1. The molecule has 3 aromatic rings. The van der Waals surface area contributed by atoms with Gasteiger partial charge in [-0.3, -0.25) is 4.68 Å². The van der Waals surface area contributed by atoms with Gasteiger partial charge in [-0.1, -0.05) is 46.7 Å². The zero-order chi connectivity index (χ0) is 21.8. The van der Waals surface area contributed by atoms with E-state index >= 15 is 0 Å². The molecule has 2 aliphatic rings. The number of nitrogens with zero attached hydrogens (tertiary/aromatic N) is 6. The second kappa shape index (κ2) is 7.74. The summed E-state index contributed by atoms with van der Waals surface area (Å²) in [7, 11) is 4.00. The van der Waals surface area contributed by atoms with E-state index < -0.39 is 0 Å². The number of piperidine rings is 1. The normalized spacial score (nSPS) is 25.2. The summed E-state index contributed by atoms with van der Waals surface area (Å²) in [6.07, 6.45) is 4.35. The molecule has 0 radical (unpaired) electrons. The van der Waals surface area contributed by atoms with E-state index in [0.717, 1.165) is 45.4 Å². The van der Waals surface area contributed by atoms with Crippen molar-refractivity contribution >= 4 is 27.7 Å². The minimum atomic E-state index is 0.362. The molecule has 31 heavy (non-hydrogen) atoms. The van der Waals surface area contributed by atoms with Crippen LogP contribution >= 0.6 is 27.7 Å². The lowest BCUT2D eigenvalue weighted by Crippen LogP contribution is -2.28. The van der Waals surface area contributed by atoms with Crippen LogP contribution in [-0.4, -0.2) is 54.8 Å². The smallest absolute Gasteiger partial charge is 0.191 e. The first-order valence-corrected chi connectivity index (χ1v) is 12.6. The molecule has 2 atom stereocenters. The van der Waals surface area contributed by atoms with Crippen LogP contribution in [0.5, 0.6) is 0 Å². The largest absolute Gasteiger partial charge is 0.305 e. The molecule has 5 rings (SSSR count). The highest BCUT2D eigenvalue weighted by molar-refractivity contribution is 9.10. The van der Waals surface area contributed by atoms with Crippen molar-refractivity contribution in [3.63, 3.8) is 0 Å². The first kappa shape index (κ1) is 21.2. The summed E-state index contributed by atoms with van der Waals surface area (Å²) < 4.78 is 5.12. The molecule has 0 amide bonds. The number of likely N-dealkylation sites (tertiary alicyclic amines) is 1. The molecule has 2 fully saturated rings. The summed E-state index contributed by atoms with van der Waals surface area (Å²) in [6, 6.07) is 8.99. The van der Waals surface area contributed by atoms with E-state index in [4.69, 9.17) is 0 Å². The highest BCUT2D eigenvalue weighted by Gasteiger charge is 2.69. The fourth-order valence-electron chi connectivity index (χ4n) is 5.32. The lowest BCUT2D eigenvalue weighted by Gasteiger charge is -2.21. The summed E-state index contributed by atoms with van der Waals surface area (Å²) in [4.78, 5) is 2.66. The minimum absolute atomic E-state index is 0.362. The van der Waals surface area contributed by atoms with Crippen LogP contribution in [0.3, 0.4) is 0 Å². The van der Waals surface area contributed by atoms with Gasteiger partial charge in [-0.25, -0.2) is 0 Å². The molecule has 1 saturated heterocycles. The summed E-state index contributed by atoms with van der Waals surface area (Å²) in [5, 5.41) is 14.1. The highest BCUT2D eigenvalue weighted by Crippen LogP contribution is 2.68. The number of rotatable bonds is 7. The van der Waals surface area contributed by atoms with Gasteiger partial charge in [-0.05, 0) is 49.4 Å². The summed E-state index contributed by atoms with van der Waals surface area (Å²) in [5.41, 5.74) is 4.46. The number of aromatic nitrogens is 5. The monoisotopic (exact) mass is 500 g/mol. The van der Waals surface area contributed by atoms with E-state index in [0.29, 0.717) is 10.8 Å². The Hall–Kier alpha value is -1.64. The molecule has 1 aromatic carbocycles. The first-order valence-electron chi connectivity index (χ1n) is 10.8. The predicted molar refractivity (Wildman–Crippen MR) is 128 cm³/mol. The van der Waals surface area contributed by atoms with Gasteiger partial charge in [0, 0.05) is 48.5 Å². The summed E-state index contributed by atoms with van der Waals surface area (Å²) in [6.45, 7) is 8.07. The molecule has 1 saturated carbocycles. The Balaban J connectivity index is 1.16. The van der Waals surface area contributed by atoms with Crippen molar-refractivity contribution in [3.05, 3.63) is 46.2 Å². The molecule has 6 nitrogen and oxygen atoms in total. The third-order valence-electron chi connectivity index (χ3n) is 7.35. The predicted octanol–water partition coefficient (Wildman–Crippen LogP) is 4.43. The second-order valence-electron chi connectivity index (χ2n) is 9.37. The van der Waals surface area contributed by atoms with Crippen molar-refractivity contribution in [2.24, 2.45) is 19.5 Å². The van der Waals surface area contributed by atoms with E-state index in [2.05, 4.69) is 78.8 Å². The van der Waals surface area contributed by atoms with E-state index in [1.165, 1.54) is 25.1 Å². The Bertz CT molecular complexity index is 1110. The third kappa shape index (κ3) is 3.56. The fraction of sp³-hybridized carbons (Fsp3) is 0.522. The molecule has 1 aliphatic carbocycles. The number of halogens is 1. The molecular weight excluding hydrogens is 472 g/mol. The molecular formula is C23H29BrN6S. The van der Waals surface area contributed by atoms with Crippen molar-refractivity contribution < 1.29 is 0 Å². The minimum Gasteiger partial charge on any atom is -0.305 e. The first-order chi connectivity index (χ1) is 14.8. The van der Waals surface area contributed by atoms with Gasteiger partial charge in [0.05, 0.1) is 11.8 Å². The van der Waals surface area contributed by atoms with E-state index in [1.807, 2.05) is 25.0 Å². The van der Waals surface area contributed by atoms with Crippen LogP contribution in [0, 0.1) is 12.3 Å². The third-order valence-corrected chi connectivity index (χ3v) is 8.98. The second-order valence-corrected chi connectivity index (χ2v) is 11.3. The van der Waals surface area contributed by atoms with Gasteiger partial charge in [-0.2, -0.15) is 5.10 Å². The number of aryl methyl sites for hydroxylation is 1. The van der Waals surface area contributed by atoms with Crippen molar-refractivity contribution in [1.82, 2.24) is 29.4 Å². The van der Waals surface area contributed by atoms with Gasteiger partial charge in [0.2, 0.25) is 0 Å². The molecule has 1 aliphatic heterocycles. The van der Waals surface area contributed by atoms with Crippen molar-refractivity contribution in [3.8, 4) is 11.4 Å². The number of thioether (sulfide) groups is 1. The lowest BCUT2D eigenvalue weighted by atomic mass is 9.90. The Morgan fingerprint density at radius 3 is 2.61 bits per heavy atom. The molecule has 0 bridgehead atoms. The number of benzene rings is 1. The van der Waals surface area contributed by atoms with Crippen molar-refractivity contribution in [2.45, 2.75) is 37.3 Å². The van der Waals surface area contributed by atoms with Crippen molar-refractivity contribution in [2.75, 3.05) is 25.4 Å². The molecule has 0 N–H and O–H groups in total. The quantitative estimate of drug-likeness (QED) is 0.354. The van der Waals surface area contributed by atoms with Gasteiger partial charge >= 0.3 is 0 Å². The highest BCUT2D eigenvalue weighted by atomic mass is 79.9. The summed E-state index contributed by atoms with van der Waals surface area (Å²) in [5.74, 6) is 1.94. The lowest BCUT2D eigenvalue weighted by molar-refractivity contribution is 0.284. The van der Waals surface area contributed by atoms with Gasteiger partial charge in [0.15, 0.2) is 11.0 Å². The number of hydrogen-bond donors (Lipinski definition) is 0. The maximum absolute atomic E-state index is 4.42. The topological polar surface area (TPSA) is 51.8 Å². The van der Waals surface area contributed by atoms with Gasteiger partial charge in [0.25, 0.3) is 0 Å². The van der Waals surface area contributed by atoms with Crippen LogP contribution < -0.4 is 0 Å². The number of hydrogen-bond acceptors (Lipinski definition) is 5. The van der Waals surface area contributed by atoms with Crippen LogP contribution in [-0.2, 0) is 19.5 Å². The maximum Gasteiger partial charge on any atom is 0.191 e. The molecule has 3 heterocycles. The van der Waals surface area contributed by atoms with Gasteiger partial charge in [0.1, 0.15) is 0 Å². The van der Waals surface area contributed by atoms with Crippen molar-refractivity contribution in [1.29, 1.82) is 0 Å². The van der Waals surface area contributed by atoms with Crippen LogP contribution in [0.2, 0.25) is 0 Å². The van der Waals surface area contributed by atoms with E-state index in [9.17, 15) is 0 Å². The molecule has 2 aromatic heterocycles. The molecule has 0 spiro atoms. The molecule has 2 unspecified atom stereocenters. The Morgan fingerprint density at radius 1 is 1.13 bits per heavy atom. The van der Waals surface area contributed by atoms with Gasteiger partial charge < -0.3 is 9.47 Å². The van der Waals surface area contributed by atoms with Crippen LogP contribution in [0.25, 0.3) is 11.4 Å². The zero-order valence-electron chi connectivity index (χ0n) is 18.6. The fourth-order valence-corrected chi connectivity index (χ4v) is 6.42. The van der Waals surface area contributed by atoms with Crippen LogP contribution in [0.4, 0.5) is 0 Å². The molecule has 8 heteroatoms. The average molecular weight is 501 g/mol. The Labute approximate surface area is 196 Å². The zero-order valence-corrected chi connectivity index (χ0v) is 21.0. The van der Waals surface area contributed by atoms with E-state index in [-0.39, 0.29) is 0 Å². The Kier molecular flexibility index (Phi) is 5.30. The SMILES string of the molecule is Cc1c(-c2nnc(SCCCN3CC4(C)CC4(c4ccc(Br)cc4)C3)n2C)cnn1C.